The van der Waals surface area contributed by atoms with Gasteiger partial charge in [0.25, 0.3) is 11.5 Å². The zero-order chi connectivity index (χ0) is 19.4. The molecule has 1 amide bonds. The van der Waals surface area contributed by atoms with Gasteiger partial charge in [0, 0.05) is 12.3 Å². The normalized spacial score (nSPS) is 10.5. The van der Waals surface area contributed by atoms with Crippen LogP contribution in [0.5, 0.6) is 0 Å². The van der Waals surface area contributed by atoms with Crippen LogP contribution in [0.15, 0.2) is 65.6 Å². The lowest BCUT2D eigenvalue weighted by Crippen LogP contribution is -2.32. The zero-order valence-electron chi connectivity index (χ0n) is 14.4. The van der Waals surface area contributed by atoms with Gasteiger partial charge < -0.3 is 10.2 Å². The monoisotopic (exact) mass is 370 g/mol. The van der Waals surface area contributed by atoms with E-state index in [1.807, 2.05) is 31.2 Å². The Kier molecular flexibility index (Phi) is 5.30. The van der Waals surface area contributed by atoms with Crippen LogP contribution in [0.3, 0.4) is 0 Å². The van der Waals surface area contributed by atoms with Gasteiger partial charge in [0.1, 0.15) is 23.8 Å². The van der Waals surface area contributed by atoms with Crippen LogP contribution in [0.2, 0.25) is 0 Å². The molecule has 138 valence electrons. The lowest BCUT2D eigenvalue weighted by Gasteiger charge is -2.11. The first-order chi connectivity index (χ1) is 12.9. The molecule has 2 aromatic carbocycles. The predicted octanol–water partition coefficient (Wildman–Crippen LogP) is 3.32. The van der Waals surface area contributed by atoms with Crippen LogP contribution in [0.1, 0.15) is 21.5 Å². The van der Waals surface area contributed by atoms with Gasteiger partial charge in [-0.1, -0.05) is 29.8 Å². The summed E-state index contributed by atoms with van der Waals surface area (Å²) in [6.07, 6.45) is 1.38. The SMILES string of the molecule is Cc1cccc(COn2cccc(C(=O)Nc3ccc(F)cc3F)c2=O)c1. The third-order valence-corrected chi connectivity index (χ3v) is 3.79. The van der Waals surface area contributed by atoms with Crippen molar-refractivity contribution in [1.29, 1.82) is 0 Å². The number of aryl methyl sites for hydroxylation is 1. The highest BCUT2D eigenvalue weighted by Gasteiger charge is 2.15. The molecule has 7 heteroatoms. The smallest absolute Gasteiger partial charge is 0.295 e. The highest BCUT2D eigenvalue weighted by Crippen LogP contribution is 2.15. The first kappa shape index (κ1) is 18.3. The summed E-state index contributed by atoms with van der Waals surface area (Å²) in [6.45, 7) is 2.08. The number of amides is 1. The first-order valence-electron chi connectivity index (χ1n) is 8.11. The molecule has 0 bridgehead atoms. The maximum absolute atomic E-state index is 13.7. The van der Waals surface area contributed by atoms with Gasteiger partial charge in [-0.2, -0.15) is 4.73 Å². The lowest BCUT2D eigenvalue weighted by atomic mass is 10.1. The Morgan fingerprint density at radius 2 is 1.93 bits per heavy atom. The summed E-state index contributed by atoms with van der Waals surface area (Å²) in [4.78, 5) is 30.2. The van der Waals surface area contributed by atoms with Crippen molar-refractivity contribution in [2.75, 3.05) is 5.32 Å². The van der Waals surface area contributed by atoms with Crippen LogP contribution >= 0.6 is 0 Å². The molecule has 0 unspecified atom stereocenters. The quantitative estimate of drug-likeness (QED) is 0.750. The van der Waals surface area contributed by atoms with Gasteiger partial charge in [-0.25, -0.2) is 8.78 Å². The molecule has 3 rings (SSSR count). The fraction of sp³-hybridized carbons (Fsp3) is 0.100. The van der Waals surface area contributed by atoms with Crippen molar-refractivity contribution in [3.63, 3.8) is 0 Å². The molecular formula is C20H16F2N2O3. The van der Waals surface area contributed by atoms with Crippen molar-refractivity contribution in [1.82, 2.24) is 4.73 Å². The summed E-state index contributed by atoms with van der Waals surface area (Å²) in [7, 11) is 0. The fourth-order valence-electron chi connectivity index (χ4n) is 2.48. The van der Waals surface area contributed by atoms with E-state index in [2.05, 4.69) is 5.32 Å². The summed E-state index contributed by atoms with van der Waals surface area (Å²) in [5.41, 5.74) is 0.774. The molecule has 0 aliphatic carbocycles. The molecule has 0 saturated carbocycles. The maximum Gasteiger partial charge on any atom is 0.295 e. The Morgan fingerprint density at radius 1 is 1.11 bits per heavy atom. The summed E-state index contributed by atoms with van der Waals surface area (Å²) < 4.78 is 27.6. The largest absolute Gasteiger partial charge is 0.406 e. The minimum absolute atomic E-state index is 0.138. The molecule has 1 aromatic heterocycles. The Bertz CT molecular complexity index is 1050. The van der Waals surface area contributed by atoms with Crippen molar-refractivity contribution in [3.05, 3.63) is 99.5 Å². The summed E-state index contributed by atoms with van der Waals surface area (Å²) in [5.74, 6) is -2.52. The van der Waals surface area contributed by atoms with Gasteiger partial charge in [-0.05, 0) is 36.8 Å². The highest BCUT2D eigenvalue weighted by molar-refractivity contribution is 6.04. The molecule has 5 nitrogen and oxygen atoms in total. The summed E-state index contributed by atoms with van der Waals surface area (Å²) in [5, 5.41) is 2.25. The number of nitrogens with zero attached hydrogens (tertiary/aromatic N) is 1. The topological polar surface area (TPSA) is 60.3 Å². The van der Waals surface area contributed by atoms with Crippen molar-refractivity contribution >= 4 is 11.6 Å². The second-order valence-corrected chi connectivity index (χ2v) is 5.89. The third-order valence-electron chi connectivity index (χ3n) is 3.79. The average Bonchev–Trinajstić information content (AvgIpc) is 2.63. The molecule has 27 heavy (non-hydrogen) atoms. The number of hydrogen-bond acceptors (Lipinski definition) is 3. The Hall–Kier alpha value is -3.48. The Balaban J connectivity index is 1.77. The molecule has 1 N–H and O–H groups in total. The number of rotatable bonds is 5. The number of halogens is 2. The second kappa shape index (κ2) is 7.82. The lowest BCUT2D eigenvalue weighted by molar-refractivity contribution is 0.0863. The van der Waals surface area contributed by atoms with Gasteiger partial charge in [-0.3, -0.25) is 9.59 Å². The zero-order valence-corrected chi connectivity index (χ0v) is 14.4. The van der Waals surface area contributed by atoms with Gasteiger partial charge in [-0.15, -0.1) is 0 Å². The van der Waals surface area contributed by atoms with Crippen molar-refractivity contribution in [3.8, 4) is 0 Å². The van der Waals surface area contributed by atoms with E-state index in [1.165, 1.54) is 18.3 Å². The molecule has 0 atom stereocenters. The van der Waals surface area contributed by atoms with Crippen molar-refractivity contribution < 1.29 is 18.4 Å². The van der Waals surface area contributed by atoms with E-state index in [4.69, 9.17) is 4.84 Å². The van der Waals surface area contributed by atoms with Crippen LogP contribution in [-0.2, 0) is 6.61 Å². The Labute approximate surface area is 153 Å². The van der Waals surface area contributed by atoms with Gasteiger partial charge in [0.15, 0.2) is 0 Å². The fourth-order valence-corrected chi connectivity index (χ4v) is 2.48. The third kappa shape index (κ3) is 4.38. The van der Waals surface area contributed by atoms with Crippen LogP contribution in [0.25, 0.3) is 0 Å². The van der Waals surface area contributed by atoms with Crippen LogP contribution in [0.4, 0.5) is 14.5 Å². The van der Waals surface area contributed by atoms with E-state index < -0.39 is 23.1 Å². The number of anilines is 1. The number of pyridine rings is 1. The van der Waals surface area contributed by atoms with E-state index in [0.717, 1.165) is 28.0 Å². The van der Waals surface area contributed by atoms with Crippen LogP contribution in [0, 0.1) is 18.6 Å². The minimum atomic E-state index is -0.935. The summed E-state index contributed by atoms with van der Waals surface area (Å²) >= 11 is 0. The first-order valence-corrected chi connectivity index (χ1v) is 8.11. The van der Waals surface area contributed by atoms with Crippen molar-refractivity contribution in [2.24, 2.45) is 0 Å². The van der Waals surface area contributed by atoms with Crippen molar-refractivity contribution in [2.45, 2.75) is 13.5 Å². The molecule has 0 radical (unpaired) electrons. The van der Waals surface area contributed by atoms with Crippen LogP contribution < -0.4 is 15.7 Å². The number of carbonyl (C=O) groups is 1. The molecule has 1 heterocycles. The highest BCUT2D eigenvalue weighted by atomic mass is 19.1. The molecule has 0 aliphatic rings. The Morgan fingerprint density at radius 3 is 2.67 bits per heavy atom. The van der Waals surface area contributed by atoms with Gasteiger partial charge in [0.2, 0.25) is 0 Å². The standard InChI is InChI=1S/C20H16F2N2O3/c1-13-4-2-5-14(10-13)12-27-24-9-3-6-16(20(24)26)19(25)23-18-8-7-15(21)11-17(18)22/h2-11H,12H2,1H3,(H,23,25). The predicted molar refractivity (Wildman–Crippen MR) is 96.5 cm³/mol. The van der Waals surface area contributed by atoms with Gasteiger partial charge in [0.05, 0.1) is 5.69 Å². The average molecular weight is 370 g/mol. The summed E-state index contributed by atoms with van der Waals surface area (Å²) in [6, 6.07) is 13.1. The molecule has 0 aliphatic heterocycles. The molecule has 0 fully saturated rings. The molecular weight excluding hydrogens is 354 g/mol. The second-order valence-electron chi connectivity index (χ2n) is 5.89. The molecule has 0 saturated heterocycles. The van der Waals surface area contributed by atoms with Gasteiger partial charge >= 0.3 is 0 Å². The number of aromatic nitrogens is 1. The number of hydrogen-bond donors (Lipinski definition) is 1. The van der Waals surface area contributed by atoms with E-state index >= 15 is 0 Å². The number of benzene rings is 2. The maximum atomic E-state index is 13.7. The number of nitrogens with one attached hydrogen (secondary N) is 1. The van der Waals surface area contributed by atoms with E-state index in [9.17, 15) is 18.4 Å². The number of carbonyl (C=O) groups excluding carboxylic acids is 1. The molecule has 0 spiro atoms. The van der Waals surface area contributed by atoms with Crippen LogP contribution in [-0.4, -0.2) is 10.6 Å². The molecule has 3 aromatic rings. The minimum Gasteiger partial charge on any atom is -0.406 e. The van der Waals surface area contributed by atoms with E-state index in [-0.39, 0.29) is 17.9 Å². The van der Waals surface area contributed by atoms with E-state index in [0.29, 0.717) is 6.07 Å². The van der Waals surface area contributed by atoms with E-state index in [1.54, 1.807) is 0 Å².